The summed E-state index contributed by atoms with van der Waals surface area (Å²) in [5, 5.41) is 12.8. The lowest BCUT2D eigenvalue weighted by atomic mass is 10.0. The number of rotatable bonds is 5. The number of amides is 2. The lowest BCUT2D eigenvalue weighted by Gasteiger charge is -2.20. The number of hydrogen-bond donors (Lipinski definition) is 2. The van der Waals surface area contributed by atoms with Crippen molar-refractivity contribution in [2.75, 3.05) is 11.9 Å². The molecule has 0 aliphatic heterocycles. The summed E-state index contributed by atoms with van der Waals surface area (Å²) in [5.74, 6) is -0.405. The molecule has 8 heteroatoms. The highest BCUT2D eigenvalue weighted by Gasteiger charge is 2.25. The molecule has 0 aliphatic carbocycles. The molecule has 1 heterocycles. The van der Waals surface area contributed by atoms with Crippen molar-refractivity contribution in [2.45, 2.75) is 26.8 Å². The number of nitrogens with one attached hydrogen (secondary N) is 2. The van der Waals surface area contributed by atoms with Gasteiger partial charge in [-0.05, 0) is 12.8 Å². The second kappa shape index (κ2) is 6.90. The molecule has 0 saturated heterocycles. The summed E-state index contributed by atoms with van der Waals surface area (Å²) >= 11 is 1.21. The van der Waals surface area contributed by atoms with Gasteiger partial charge >= 0.3 is 6.09 Å². The molecule has 2 N–H and O–H groups in total. The van der Waals surface area contributed by atoms with Gasteiger partial charge < -0.3 is 10.1 Å². The van der Waals surface area contributed by atoms with Crippen molar-refractivity contribution in [2.24, 2.45) is 5.92 Å². The number of hydrogen-bond acceptors (Lipinski definition) is 6. The first-order chi connectivity index (χ1) is 8.54. The minimum atomic E-state index is -0.673. The lowest BCUT2D eigenvalue weighted by molar-refractivity contribution is -0.119. The van der Waals surface area contributed by atoms with Gasteiger partial charge in [-0.3, -0.25) is 10.1 Å². The number of nitrogens with zero attached hydrogens (tertiary/aromatic N) is 2. The maximum Gasteiger partial charge on any atom is 0.407 e. The van der Waals surface area contributed by atoms with Crippen molar-refractivity contribution in [1.82, 2.24) is 15.5 Å². The minimum absolute atomic E-state index is 0.0673. The van der Waals surface area contributed by atoms with E-state index in [4.69, 9.17) is 4.74 Å². The van der Waals surface area contributed by atoms with Gasteiger partial charge in [0.05, 0.1) is 6.61 Å². The number of alkyl carbamates (subject to hydrolysis) is 1. The van der Waals surface area contributed by atoms with Crippen LogP contribution in [0, 0.1) is 5.92 Å². The summed E-state index contributed by atoms with van der Waals surface area (Å²) in [6.45, 7) is 5.62. The van der Waals surface area contributed by atoms with E-state index in [2.05, 4.69) is 20.8 Å². The second-order valence-electron chi connectivity index (χ2n) is 3.82. The van der Waals surface area contributed by atoms with Crippen LogP contribution in [0.15, 0.2) is 5.51 Å². The Labute approximate surface area is 109 Å². The molecule has 1 aromatic rings. The van der Waals surface area contributed by atoms with Crippen LogP contribution in [0.3, 0.4) is 0 Å². The van der Waals surface area contributed by atoms with E-state index in [-0.39, 0.29) is 18.4 Å². The van der Waals surface area contributed by atoms with Crippen LogP contribution in [0.4, 0.5) is 9.93 Å². The van der Waals surface area contributed by atoms with Crippen LogP contribution in [0.25, 0.3) is 0 Å². The molecule has 1 atom stereocenters. The molecular formula is C10H16N4O3S. The SMILES string of the molecule is CCOC(=O)N[C@H](C(=O)Nc1nncs1)C(C)C. The van der Waals surface area contributed by atoms with Gasteiger partial charge in [0.1, 0.15) is 11.6 Å². The Morgan fingerprint density at radius 2 is 2.22 bits per heavy atom. The third kappa shape index (κ3) is 4.28. The predicted molar refractivity (Wildman–Crippen MR) is 67.3 cm³/mol. The summed E-state index contributed by atoms with van der Waals surface area (Å²) in [5.41, 5.74) is 1.51. The zero-order valence-electron chi connectivity index (χ0n) is 10.5. The van der Waals surface area contributed by atoms with Gasteiger partial charge in [0, 0.05) is 0 Å². The second-order valence-corrected chi connectivity index (χ2v) is 4.65. The average Bonchev–Trinajstić information content (AvgIpc) is 2.78. The molecule has 100 valence electrons. The Morgan fingerprint density at radius 3 is 2.72 bits per heavy atom. The first-order valence-corrected chi connectivity index (χ1v) is 6.42. The van der Waals surface area contributed by atoms with Gasteiger partial charge in [-0.1, -0.05) is 25.2 Å². The van der Waals surface area contributed by atoms with E-state index in [1.54, 1.807) is 6.92 Å². The fourth-order valence-electron chi connectivity index (χ4n) is 1.25. The molecule has 0 bridgehead atoms. The van der Waals surface area contributed by atoms with E-state index < -0.39 is 12.1 Å². The summed E-state index contributed by atoms with van der Waals surface area (Å²) in [6, 6.07) is -0.673. The van der Waals surface area contributed by atoms with E-state index in [1.807, 2.05) is 13.8 Å². The van der Waals surface area contributed by atoms with Crippen molar-refractivity contribution in [3.05, 3.63) is 5.51 Å². The van der Waals surface area contributed by atoms with Crippen molar-refractivity contribution >= 4 is 28.5 Å². The molecule has 0 aromatic carbocycles. The highest BCUT2D eigenvalue weighted by Crippen LogP contribution is 2.11. The first kappa shape index (κ1) is 14.4. The lowest BCUT2D eigenvalue weighted by Crippen LogP contribution is -2.47. The smallest absolute Gasteiger partial charge is 0.407 e. The quantitative estimate of drug-likeness (QED) is 0.841. The maximum absolute atomic E-state index is 11.9. The molecule has 1 rings (SSSR count). The largest absolute Gasteiger partial charge is 0.450 e. The van der Waals surface area contributed by atoms with E-state index in [0.717, 1.165) is 0 Å². The molecule has 0 unspecified atom stereocenters. The Balaban J connectivity index is 2.61. The van der Waals surface area contributed by atoms with Crippen LogP contribution < -0.4 is 10.6 Å². The van der Waals surface area contributed by atoms with Crippen molar-refractivity contribution < 1.29 is 14.3 Å². The normalized spacial score (nSPS) is 12.0. The molecule has 0 radical (unpaired) electrons. The standard InChI is InChI=1S/C10H16N4O3S/c1-4-17-10(16)12-7(6(2)3)8(15)13-9-14-11-5-18-9/h5-7H,4H2,1-3H3,(H,12,16)(H,13,14,15)/t7-/m0/s1. The highest BCUT2D eigenvalue weighted by atomic mass is 32.1. The highest BCUT2D eigenvalue weighted by molar-refractivity contribution is 7.13. The van der Waals surface area contributed by atoms with E-state index >= 15 is 0 Å². The van der Waals surface area contributed by atoms with Crippen molar-refractivity contribution in [3.8, 4) is 0 Å². The van der Waals surface area contributed by atoms with Crippen LogP contribution in [-0.4, -0.2) is 34.8 Å². The number of ether oxygens (including phenoxy) is 1. The average molecular weight is 272 g/mol. The molecule has 0 aliphatic rings. The van der Waals surface area contributed by atoms with Crippen LogP contribution >= 0.6 is 11.3 Å². The molecule has 0 saturated carbocycles. The fourth-order valence-corrected chi connectivity index (χ4v) is 1.69. The third-order valence-corrected chi connectivity index (χ3v) is 2.69. The third-order valence-electron chi connectivity index (χ3n) is 2.09. The Morgan fingerprint density at radius 1 is 1.50 bits per heavy atom. The fraction of sp³-hybridized carbons (Fsp3) is 0.600. The number of anilines is 1. The van der Waals surface area contributed by atoms with Crippen LogP contribution in [0.2, 0.25) is 0 Å². The van der Waals surface area contributed by atoms with Gasteiger partial charge in [-0.2, -0.15) is 0 Å². The van der Waals surface area contributed by atoms with E-state index in [0.29, 0.717) is 5.13 Å². The molecule has 0 fully saturated rings. The molecule has 18 heavy (non-hydrogen) atoms. The van der Waals surface area contributed by atoms with Crippen molar-refractivity contribution in [1.29, 1.82) is 0 Å². The maximum atomic E-state index is 11.9. The molecular weight excluding hydrogens is 256 g/mol. The zero-order valence-corrected chi connectivity index (χ0v) is 11.3. The van der Waals surface area contributed by atoms with Crippen LogP contribution in [0.5, 0.6) is 0 Å². The summed E-state index contributed by atoms with van der Waals surface area (Å²) in [6.07, 6.45) is -0.608. The van der Waals surface area contributed by atoms with E-state index in [9.17, 15) is 9.59 Å². The Kier molecular flexibility index (Phi) is 5.50. The monoisotopic (exact) mass is 272 g/mol. The number of carbonyl (C=O) groups is 2. The number of aromatic nitrogens is 2. The molecule has 1 aromatic heterocycles. The minimum Gasteiger partial charge on any atom is -0.450 e. The predicted octanol–water partition coefficient (Wildman–Crippen LogP) is 1.25. The van der Waals surface area contributed by atoms with Gasteiger partial charge in [0.2, 0.25) is 11.0 Å². The summed E-state index contributed by atoms with van der Waals surface area (Å²) in [4.78, 5) is 23.3. The Hall–Kier alpha value is -1.70. The summed E-state index contributed by atoms with van der Waals surface area (Å²) < 4.78 is 4.75. The van der Waals surface area contributed by atoms with E-state index in [1.165, 1.54) is 16.8 Å². The Bertz CT molecular complexity index is 394. The van der Waals surface area contributed by atoms with Gasteiger partial charge in [0.25, 0.3) is 0 Å². The van der Waals surface area contributed by atoms with Crippen LogP contribution in [0.1, 0.15) is 20.8 Å². The first-order valence-electron chi connectivity index (χ1n) is 5.55. The number of carbonyl (C=O) groups excluding carboxylic acids is 2. The molecule has 2 amide bonds. The molecule has 7 nitrogen and oxygen atoms in total. The van der Waals surface area contributed by atoms with Gasteiger partial charge in [0.15, 0.2) is 0 Å². The van der Waals surface area contributed by atoms with Gasteiger partial charge in [-0.15, -0.1) is 10.2 Å². The molecule has 0 spiro atoms. The van der Waals surface area contributed by atoms with Gasteiger partial charge in [-0.25, -0.2) is 4.79 Å². The van der Waals surface area contributed by atoms with Crippen LogP contribution in [-0.2, 0) is 9.53 Å². The zero-order chi connectivity index (χ0) is 13.5. The topological polar surface area (TPSA) is 93.2 Å². The van der Waals surface area contributed by atoms with Crippen molar-refractivity contribution in [3.63, 3.8) is 0 Å². The summed E-state index contributed by atoms with van der Waals surface area (Å²) in [7, 11) is 0.